The normalized spacial score (nSPS) is 24.0. The van der Waals surface area contributed by atoms with E-state index < -0.39 is 0 Å². The number of hydrogen-bond acceptors (Lipinski definition) is 3. The second-order valence-corrected chi connectivity index (χ2v) is 8.21. The van der Waals surface area contributed by atoms with Crippen LogP contribution in [0.15, 0.2) is 5.38 Å². The second-order valence-electron chi connectivity index (χ2n) is 7.26. The van der Waals surface area contributed by atoms with Gasteiger partial charge in [0.15, 0.2) is 0 Å². The van der Waals surface area contributed by atoms with E-state index in [-0.39, 0.29) is 5.41 Å². The molecule has 1 fully saturated rings. The number of nitrogens with one attached hydrogen (secondary N) is 1. The van der Waals surface area contributed by atoms with E-state index in [0.717, 1.165) is 12.0 Å². The minimum Gasteiger partial charge on any atom is -0.314 e. The highest BCUT2D eigenvalue weighted by Crippen LogP contribution is 2.30. The van der Waals surface area contributed by atoms with Gasteiger partial charge in [-0.15, -0.1) is 11.3 Å². The molecule has 0 aromatic carbocycles. The molecular weight excluding hydrogens is 264 g/mol. The summed E-state index contributed by atoms with van der Waals surface area (Å²) in [5.41, 5.74) is 1.45. The van der Waals surface area contributed by atoms with Crippen molar-refractivity contribution in [1.29, 1.82) is 0 Å². The second kappa shape index (κ2) is 7.04. The molecule has 0 amide bonds. The number of hydrogen-bond donors (Lipinski definition) is 1. The Kier molecular flexibility index (Phi) is 5.62. The first kappa shape index (κ1) is 16.0. The third-order valence-electron chi connectivity index (χ3n) is 4.25. The molecule has 1 aromatic rings. The van der Waals surface area contributed by atoms with Gasteiger partial charge in [-0.05, 0) is 38.1 Å². The number of aromatic nitrogens is 1. The molecule has 1 N–H and O–H groups in total. The molecule has 0 spiro atoms. The minimum absolute atomic E-state index is 0.187. The van der Waals surface area contributed by atoms with Gasteiger partial charge in [-0.2, -0.15) is 0 Å². The van der Waals surface area contributed by atoms with E-state index in [1.807, 2.05) is 11.3 Å². The molecule has 1 saturated carbocycles. The zero-order chi connectivity index (χ0) is 14.6. The van der Waals surface area contributed by atoms with Crippen molar-refractivity contribution in [3.8, 4) is 0 Å². The highest BCUT2D eigenvalue weighted by atomic mass is 32.1. The fourth-order valence-corrected chi connectivity index (χ4v) is 4.14. The van der Waals surface area contributed by atoms with Gasteiger partial charge in [0, 0.05) is 23.3 Å². The minimum atomic E-state index is 0.187. The number of rotatable bonds is 5. The first-order chi connectivity index (χ1) is 9.49. The predicted molar refractivity (Wildman–Crippen MR) is 88.6 cm³/mol. The van der Waals surface area contributed by atoms with Crippen molar-refractivity contribution in [3.63, 3.8) is 0 Å². The molecule has 2 nitrogen and oxygen atoms in total. The molecule has 114 valence electrons. The van der Waals surface area contributed by atoms with Crippen molar-refractivity contribution in [2.45, 2.75) is 77.7 Å². The molecule has 1 aromatic heterocycles. The van der Waals surface area contributed by atoms with Gasteiger partial charge in [-0.1, -0.05) is 34.1 Å². The van der Waals surface area contributed by atoms with Gasteiger partial charge in [0.1, 0.15) is 0 Å². The maximum absolute atomic E-state index is 4.86. The van der Waals surface area contributed by atoms with Crippen molar-refractivity contribution >= 4 is 11.3 Å². The molecule has 20 heavy (non-hydrogen) atoms. The van der Waals surface area contributed by atoms with Gasteiger partial charge in [-0.25, -0.2) is 4.98 Å². The average molecular weight is 295 g/mol. The fraction of sp³-hybridized carbons (Fsp3) is 0.824. The van der Waals surface area contributed by atoms with Crippen molar-refractivity contribution in [2.24, 2.45) is 5.92 Å². The standard InChI is InChI=1S/C17H30N2S/c1-5-9-18-14-8-6-7-13(10-14)11-16-19-15(12-20-16)17(2,3)4/h12-14,18H,5-11H2,1-4H3. The van der Waals surface area contributed by atoms with Crippen LogP contribution in [0.4, 0.5) is 0 Å². The first-order valence-electron chi connectivity index (χ1n) is 8.17. The number of nitrogens with zero attached hydrogens (tertiary/aromatic N) is 1. The molecule has 1 heterocycles. The van der Waals surface area contributed by atoms with Crippen LogP contribution in [-0.2, 0) is 11.8 Å². The summed E-state index contributed by atoms with van der Waals surface area (Å²) >= 11 is 1.86. The molecule has 2 rings (SSSR count). The van der Waals surface area contributed by atoms with E-state index in [0.29, 0.717) is 0 Å². The first-order valence-corrected chi connectivity index (χ1v) is 9.05. The summed E-state index contributed by atoms with van der Waals surface area (Å²) in [6.07, 6.45) is 7.89. The van der Waals surface area contributed by atoms with Gasteiger partial charge in [0.25, 0.3) is 0 Å². The Hall–Kier alpha value is -0.410. The van der Waals surface area contributed by atoms with E-state index in [9.17, 15) is 0 Å². The summed E-state index contributed by atoms with van der Waals surface area (Å²) < 4.78 is 0. The highest BCUT2D eigenvalue weighted by molar-refractivity contribution is 7.09. The van der Waals surface area contributed by atoms with Crippen LogP contribution in [0.5, 0.6) is 0 Å². The molecule has 2 atom stereocenters. The van der Waals surface area contributed by atoms with Crippen LogP contribution in [0.1, 0.15) is 70.5 Å². The van der Waals surface area contributed by atoms with Crippen LogP contribution in [0, 0.1) is 5.92 Å². The summed E-state index contributed by atoms with van der Waals surface area (Å²) in [6.45, 7) is 10.2. The van der Waals surface area contributed by atoms with Gasteiger partial charge in [0.2, 0.25) is 0 Å². The molecule has 0 radical (unpaired) electrons. The average Bonchev–Trinajstić information content (AvgIpc) is 2.85. The van der Waals surface area contributed by atoms with Crippen LogP contribution in [0.25, 0.3) is 0 Å². The lowest BCUT2D eigenvalue weighted by Crippen LogP contribution is -2.35. The Morgan fingerprint density at radius 1 is 1.35 bits per heavy atom. The van der Waals surface area contributed by atoms with E-state index in [4.69, 9.17) is 4.98 Å². The third kappa shape index (κ3) is 4.56. The van der Waals surface area contributed by atoms with Crippen LogP contribution < -0.4 is 5.32 Å². The molecular formula is C17H30N2S. The molecule has 0 aliphatic heterocycles. The lowest BCUT2D eigenvalue weighted by molar-refractivity contribution is 0.284. The van der Waals surface area contributed by atoms with Crippen LogP contribution in [0.3, 0.4) is 0 Å². The summed E-state index contributed by atoms with van der Waals surface area (Å²) in [6, 6.07) is 0.746. The lowest BCUT2D eigenvalue weighted by Gasteiger charge is -2.29. The maximum Gasteiger partial charge on any atom is 0.0931 e. The van der Waals surface area contributed by atoms with Gasteiger partial charge >= 0.3 is 0 Å². The number of thiazole rings is 1. The Morgan fingerprint density at radius 3 is 2.80 bits per heavy atom. The van der Waals surface area contributed by atoms with Gasteiger partial charge in [0.05, 0.1) is 10.7 Å². The van der Waals surface area contributed by atoms with Crippen molar-refractivity contribution < 1.29 is 0 Å². The van der Waals surface area contributed by atoms with Crippen LogP contribution in [-0.4, -0.2) is 17.6 Å². The van der Waals surface area contributed by atoms with Crippen LogP contribution in [0.2, 0.25) is 0 Å². The molecule has 3 heteroatoms. The molecule has 0 saturated heterocycles. The molecule has 0 bridgehead atoms. The largest absolute Gasteiger partial charge is 0.314 e. The monoisotopic (exact) mass is 294 g/mol. The fourth-order valence-electron chi connectivity index (χ4n) is 3.01. The molecule has 2 unspecified atom stereocenters. The Bertz CT molecular complexity index is 405. The van der Waals surface area contributed by atoms with E-state index in [1.54, 1.807) is 0 Å². The zero-order valence-corrected chi connectivity index (χ0v) is 14.4. The maximum atomic E-state index is 4.86. The van der Waals surface area contributed by atoms with E-state index >= 15 is 0 Å². The lowest BCUT2D eigenvalue weighted by atomic mass is 9.84. The quantitative estimate of drug-likeness (QED) is 0.862. The summed E-state index contributed by atoms with van der Waals surface area (Å²) in [7, 11) is 0. The summed E-state index contributed by atoms with van der Waals surface area (Å²) in [5.74, 6) is 0.831. The topological polar surface area (TPSA) is 24.9 Å². The predicted octanol–water partition coefficient (Wildman–Crippen LogP) is 4.54. The Morgan fingerprint density at radius 2 is 2.15 bits per heavy atom. The Labute approximate surface area is 128 Å². The molecule has 1 aliphatic rings. The summed E-state index contributed by atoms with van der Waals surface area (Å²) in [5, 5.41) is 7.30. The van der Waals surface area contributed by atoms with E-state index in [1.165, 1.54) is 55.8 Å². The third-order valence-corrected chi connectivity index (χ3v) is 5.12. The highest BCUT2D eigenvalue weighted by Gasteiger charge is 2.23. The summed E-state index contributed by atoms with van der Waals surface area (Å²) in [4.78, 5) is 4.86. The Balaban J connectivity index is 1.88. The van der Waals surface area contributed by atoms with Crippen LogP contribution >= 0.6 is 11.3 Å². The van der Waals surface area contributed by atoms with Crippen molar-refractivity contribution in [1.82, 2.24) is 10.3 Å². The van der Waals surface area contributed by atoms with Crippen molar-refractivity contribution in [3.05, 3.63) is 16.1 Å². The van der Waals surface area contributed by atoms with Gasteiger partial charge in [-0.3, -0.25) is 0 Å². The molecule has 1 aliphatic carbocycles. The smallest absolute Gasteiger partial charge is 0.0931 e. The van der Waals surface area contributed by atoms with Crippen molar-refractivity contribution in [2.75, 3.05) is 6.54 Å². The SMILES string of the molecule is CCCNC1CCCC(Cc2nc(C(C)(C)C)cs2)C1. The van der Waals surface area contributed by atoms with Gasteiger partial charge < -0.3 is 5.32 Å². The van der Waals surface area contributed by atoms with E-state index in [2.05, 4.69) is 38.4 Å². The zero-order valence-electron chi connectivity index (χ0n) is 13.5.